The van der Waals surface area contributed by atoms with Gasteiger partial charge in [-0.25, -0.2) is 9.59 Å². The summed E-state index contributed by atoms with van der Waals surface area (Å²) in [6, 6.07) is 12.1. The largest absolute Gasteiger partial charge is 0.465 e. The van der Waals surface area contributed by atoms with E-state index in [0.29, 0.717) is 5.56 Å². The number of nitro benzene ring substituents is 1. The quantitative estimate of drug-likeness (QED) is 0.417. The SMILES string of the molecule is CCOC(=O)C(C)(Oc1ccc(C(=O)OC)cc1[N+](=O)[O-])c1ccccc1. The molecule has 0 radical (unpaired) electrons. The third-order valence-corrected chi connectivity index (χ3v) is 3.88. The molecule has 0 aliphatic carbocycles. The highest BCUT2D eigenvalue weighted by molar-refractivity contribution is 5.90. The lowest BCUT2D eigenvalue weighted by Crippen LogP contribution is -2.40. The standard InChI is InChI=1S/C19H19NO7/c1-4-26-18(22)19(2,14-8-6-5-7-9-14)27-16-11-10-13(17(21)25-3)12-15(16)20(23)24/h5-12H,4H2,1-3H3. The molecule has 1 atom stereocenters. The van der Waals surface area contributed by atoms with Crippen LogP contribution in [0.4, 0.5) is 5.69 Å². The van der Waals surface area contributed by atoms with Crippen molar-refractivity contribution >= 4 is 17.6 Å². The molecule has 8 nitrogen and oxygen atoms in total. The van der Waals surface area contributed by atoms with Crippen molar-refractivity contribution in [3.8, 4) is 5.75 Å². The number of rotatable bonds is 7. The number of carbonyl (C=O) groups excluding carboxylic acids is 2. The van der Waals surface area contributed by atoms with E-state index in [1.54, 1.807) is 37.3 Å². The second-order valence-electron chi connectivity index (χ2n) is 5.65. The second-order valence-corrected chi connectivity index (χ2v) is 5.65. The molecule has 0 fully saturated rings. The molecule has 0 saturated heterocycles. The number of ether oxygens (including phenoxy) is 3. The lowest BCUT2D eigenvalue weighted by atomic mass is 9.95. The average molecular weight is 373 g/mol. The topological polar surface area (TPSA) is 105 Å². The molecule has 0 aliphatic heterocycles. The molecule has 0 bridgehead atoms. The van der Waals surface area contributed by atoms with Gasteiger partial charge in [0, 0.05) is 11.6 Å². The van der Waals surface area contributed by atoms with Gasteiger partial charge in [-0.3, -0.25) is 10.1 Å². The van der Waals surface area contributed by atoms with Crippen LogP contribution < -0.4 is 4.74 Å². The molecule has 1 unspecified atom stereocenters. The Kier molecular flexibility index (Phi) is 6.12. The number of benzene rings is 2. The highest BCUT2D eigenvalue weighted by Crippen LogP contribution is 2.36. The van der Waals surface area contributed by atoms with Crippen molar-refractivity contribution in [1.29, 1.82) is 0 Å². The molecule has 0 aliphatic rings. The smallest absolute Gasteiger partial charge is 0.354 e. The number of nitro groups is 1. The van der Waals surface area contributed by atoms with Crippen LogP contribution in [0.15, 0.2) is 48.5 Å². The van der Waals surface area contributed by atoms with Crippen molar-refractivity contribution < 1.29 is 28.7 Å². The van der Waals surface area contributed by atoms with Crippen molar-refractivity contribution in [2.24, 2.45) is 0 Å². The Labute approximate surface area is 155 Å². The molecular formula is C19H19NO7. The number of methoxy groups -OCH3 is 1. The molecule has 2 aromatic rings. The zero-order chi connectivity index (χ0) is 20.0. The van der Waals surface area contributed by atoms with E-state index in [2.05, 4.69) is 4.74 Å². The molecule has 142 valence electrons. The Morgan fingerprint density at radius 1 is 1.15 bits per heavy atom. The van der Waals surface area contributed by atoms with Crippen LogP contribution in [0, 0.1) is 10.1 Å². The normalized spacial score (nSPS) is 12.6. The molecule has 8 heteroatoms. The van der Waals surface area contributed by atoms with Crippen molar-refractivity contribution in [2.75, 3.05) is 13.7 Å². The van der Waals surface area contributed by atoms with Gasteiger partial charge in [0.15, 0.2) is 5.75 Å². The van der Waals surface area contributed by atoms with Crippen LogP contribution in [0.1, 0.15) is 29.8 Å². The van der Waals surface area contributed by atoms with Gasteiger partial charge in [0.05, 0.1) is 24.2 Å². The Morgan fingerprint density at radius 2 is 1.81 bits per heavy atom. The first-order valence-electron chi connectivity index (χ1n) is 8.12. The summed E-state index contributed by atoms with van der Waals surface area (Å²) in [6.07, 6.45) is 0. The summed E-state index contributed by atoms with van der Waals surface area (Å²) >= 11 is 0. The number of carbonyl (C=O) groups is 2. The van der Waals surface area contributed by atoms with E-state index in [-0.39, 0.29) is 17.9 Å². The minimum Gasteiger partial charge on any atom is -0.465 e. The summed E-state index contributed by atoms with van der Waals surface area (Å²) in [5, 5.41) is 11.5. The lowest BCUT2D eigenvalue weighted by Gasteiger charge is -2.28. The predicted molar refractivity (Wildman–Crippen MR) is 95.5 cm³/mol. The minimum absolute atomic E-state index is 0.00546. The molecule has 0 saturated carbocycles. The molecule has 0 amide bonds. The number of esters is 2. The number of nitrogens with zero attached hydrogens (tertiary/aromatic N) is 1. The minimum atomic E-state index is -1.62. The van der Waals surface area contributed by atoms with Crippen LogP contribution in [0.2, 0.25) is 0 Å². The second kappa shape index (κ2) is 8.31. The zero-order valence-corrected chi connectivity index (χ0v) is 15.1. The van der Waals surface area contributed by atoms with Gasteiger partial charge in [-0.05, 0) is 26.0 Å². The first kappa shape index (κ1) is 19.9. The third-order valence-electron chi connectivity index (χ3n) is 3.88. The van der Waals surface area contributed by atoms with Gasteiger partial charge in [0.25, 0.3) is 0 Å². The molecule has 2 rings (SSSR count). The Bertz CT molecular complexity index is 850. The highest BCUT2D eigenvalue weighted by Gasteiger charge is 2.41. The average Bonchev–Trinajstić information content (AvgIpc) is 2.68. The van der Waals surface area contributed by atoms with Gasteiger partial charge in [0.1, 0.15) is 0 Å². The summed E-state index contributed by atoms with van der Waals surface area (Å²) in [5.74, 6) is -1.59. The summed E-state index contributed by atoms with van der Waals surface area (Å²) < 4.78 is 15.5. The van der Waals surface area contributed by atoms with Crippen molar-refractivity contribution in [1.82, 2.24) is 0 Å². The highest BCUT2D eigenvalue weighted by atomic mass is 16.6. The Hall–Kier alpha value is -3.42. The molecule has 0 heterocycles. The van der Waals surface area contributed by atoms with Crippen molar-refractivity contribution in [2.45, 2.75) is 19.4 Å². The van der Waals surface area contributed by atoms with E-state index >= 15 is 0 Å². The fourth-order valence-corrected chi connectivity index (χ4v) is 2.45. The molecule has 0 aromatic heterocycles. The lowest BCUT2D eigenvalue weighted by molar-refractivity contribution is -0.386. The maximum absolute atomic E-state index is 12.6. The van der Waals surface area contributed by atoms with Crippen LogP contribution in [0.5, 0.6) is 5.75 Å². The van der Waals surface area contributed by atoms with Crippen molar-refractivity contribution in [3.63, 3.8) is 0 Å². The van der Waals surface area contributed by atoms with Gasteiger partial charge < -0.3 is 14.2 Å². The fraction of sp³-hybridized carbons (Fsp3) is 0.263. The Balaban J connectivity index is 2.53. The maximum atomic E-state index is 12.6. The van der Waals surface area contributed by atoms with E-state index in [4.69, 9.17) is 9.47 Å². The van der Waals surface area contributed by atoms with E-state index in [1.807, 2.05) is 0 Å². The van der Waals surface area contributed by atoms with Crippen LogP contribution in [-0.2, 0) is 19.9 Å². The molecule has 2 aromatic carbocycles. The monoisotopic (exact) mass is 373 g/mol. The van der Waals surface area contributed by atoms with Gasteiger partial charge in [-0.1, -0.05) is 30.3 Å². The molecular weight excluding hydrogens is 354 g/mol. The maximum Gasteiger partial charge on any atom is 0.354 e. The van der Waals surface area contributed by atoms with E-state index in [1.165, 1.54) is 26.2 Å². The third kappa shape index (κ3) is 4.22. The molecule has 0 N–H and O–H groups in total. The summed E-state index contributed by atoms with van der Waals surface area (Å²) in [7, 11) is 1.17. The zero-order valence-electron chi connectivity index (χ0n) is 15.1. The van der Waals surface area contributed by atoms with E-state index < -0.39 is 28.2 Å². The van der Waals surface area contributed by atoms with Crippen LogP contribution in [0.25, 0.3) is 0 Å². The van der Waals surface area contributed by atoms with Crippen LogP contribution in [-0.4, -0.2) is 30.6 Å². The first-order valence-corrected chi connectivity index (χ1v) is 8.12. The molecule has 27 heavy (non-hydrogen) atoms. The summed E-state index contributed by atoms with van der Waals surface area (Å²) in [4.78, 5) is 35.0. The van der Waals surface area contributed by atoms with Gasteiger partial charge in [-0.15, -0.1) is 0 Å². The van der Waals surface area contributed by atoms with Crippen molar-refractivity contribution in [3.05, 3.63) is 69.8 Å². The van der Waals surface area contributed by atoms with E-state index in [0.717, 1.165) is 6.07 Å². The van der Waals surface area contributed by atoms with Gasteiger partial charge in [0.2, 0.25) is 5.60 Å². The van der Waals surface area contributed by atoms with Crippen LogP contribution in [0.3, 0.4) is 0 Å². The van der Waals surface area contributed by atoms with Crippen LogP contribution >= 0.6 is 0 Å². The van der Waals surface area contributed by atoms with Gasteiger partial charge >= 0.3 is 17.6 Å². The first-order chi connectivity index (χ1) is 12.8. The van der Waals surface area contributed by atoms with E-state index in [9.17, 15) is 19.7 Å². The fourth-order valence-electron chi connectivity index (χ4n) is 2.45. The number of hydrogen-bond donors (Lipinski definition) is 0. The van der Waals surface area contributed by atoms with Gasteiger partial charge in [-0.2, -0.15) is 0 Å². The summed E-state index contributed by atoms with van der Waals surface area (Å²) in [5.41, 5.74) is -1.62. The number of hydrogen-bond acceptors (Lipinski definition) is 7. The Morgan fingerprint density at radius 3 is 2.37 bits per heavy atom. The predicted octanol–water partition coefficient (Wildman–Crippen LogP) is 3.24. The molecule has 0 spiro atoms. The summed E-state index contributed by atoms with van der Waals surface area (Å²) in [6.45, 7) is 3.24.